The zero-order valence-corrected chi connectivity index (χ0v) is 11.7. The van der Waals surface area contributed by atoms with E-state index in [-0.39, 0.29) is 6.10 Å². The van der Waals surface area contributed by atoms with E-state index in [1.807, 2.05) is 67.6 Å². The number of hydrogen-bond donors (Lipinski definition) is 0. The van der Waals surface area contributed by atoms with Crippen molar-refractivity contribution in [2.75, 3.05) is 7.11 Å². The molecule has 0 spiro atoms. The van der Waals surface area contributed by atoms with Crippen molar-refractivity contribution in [2.24, 2.45) is 0 Å². The number of ether oxygens (including phenoxy) is 1. The van der Waals surface area contributed by atoms with Crippen molar-refractivity contribution in [3.05, 3.63) is 77.4 Å². The minimum atomic E-state index is -0.216. The molecular weight excluding hydrogens is 246 g/mol. The number of allylic oxidation sites excluding steroid dienone is 1. The third kappa shape index (κ3) is 3.34. The molecule has 0 aromatic heterocycles. The van der Waals surface area contributed by atoms with Gasteiger partial charge < -0.3 is 4.74 Å². The third-order valence-electron chi connectivity index (χ3n) is 3.18. The maximum atomic E-state index is 9.37. The van der Waals surface area contributed by atoms with Crippen LogP contribution < -0.4 is 0 Å². The highest BCUT2D eigenvalue weighted by Crippen LogP contribution is 2.23. The zero-order chi connectivity index (χ0) is 14.4. The highest BCUT2D eigenvalue weighted by Gasteiger charge is 2.09. The van der Waals surface area contributed by atoms with Gasteiger partial charge in [-0.3, -0.25) is 0 Å². The summed E-state index contributed by atoms with van der Waals surface area (Å²) in [6.07, 6.45) is 1.65. The van der Waals surface area contributed by atoms with Gasteiger partial charge in [-0.05, 0) is 24.1 Å². The van der Waals surface area contributed by atoms with Crippen molar-refractivity contribution in [3.8, 4) is 6.07 Å². The SMILES string of the molecule is COC(/C=C(\C#N)c1ccc(C)cc1)c1ccccc1. The second kappa shape index (κ2) is 6.70. The fourth-order valence-electron chi connectivity index (χ4n) is 2.03. The van der Waals surface area contributed by atoms with E-state index < -0.39 is 0 Å². The normalized spacial score (nSPS) is 12.8. The third-order valence-corrected chi connectivity index (χ3v) is 3.18. The number of benzene rings is 2. The van der Waals surface area contributed by atoms with Gasteiger partial charge in [0.05, 0.1) is 11.6 Å². The molecule has 2 aromatic carbocycles. The number of hydrogen-bond acceptors (Lipinski definition) is 2. The molecule has 0 saturated heterocycles. The number of rotatable bonds is 4. The Balaban J connectivity index is 2.34. The van der Waals surface area contributed by atoms with Crippen LogP contribution in [0.2, 0.25) is 0 Å². The molecule has 0 radical (unpaired) electrons. The van der Waals surface area contributed by atoms with Crippen LogP contribution in [-0.4, -0.2) is 7.11 Å². The van der Waals surface area contributed by atoms with Crippen LogP contribution in [0.4, 0.5) is 0 Å². The summed E-state index contributed by atoms with van der Waals surface area (Å²) in [6, 6.07) is 20.1. The maximum absolute atomic E-state index is 9.37. The van der Waals surface area contributed by atoms with Gasteiger partial charge in [0, 0.05) is 7.11 Å². The predicted octanol–water partition coefficient (Wildman–Crippen LogP) is 4.29. The molecule has 2 nitrogen and oxygen atoms in total. The minimum Gasteiger partial charge on any atom is -0.373 e. The quantitative estimate of drug-likeness (QED) is 0.771. The largest absolute Gasteiger partial charge is 0.373 e. The van der Waals surface area contributed by atoms with Crippen molar-refractivity contribution in [2.45, 2.75) is 13.0 Å². The Morgan fingerprint density at radius 2 is 1.75 bits per heavy atom. The Labute approximate surface area is 119 Å². The molecule has 100 valence electrons. The summed E-state index contributed by atoms with van der Waals surface area (Å²) in [5.74, 6) is 0. The first kappa shape index (κ1) is 14.0. The lowest BCUT2D eigenvalue weighted by Gasteiger charge is -2.12. The summed E-state index contributed by atoms with van der Waals surface area (Å²) < 4.78 is 5.49. The Kier molecular flexibility index (Phi) is 4.70. The van der Waals surface area contributed by atoms with Gasteiger partial charge in [0.1, 0.15) is 6.10 Å². The van der Waals surface area contributed by atoms with E-state index in [0.717, 1.165) is 11.1 Å². The molecule has 20 heavy (non-hydrogen) atoms. The van der Waals surface area contributed by atoms with Crippen LogP contribution in [0, 0.1) is 18.3 Å². The van der Waals surface area contributed by atoms with Crippen molar-refractivity contribution in [3.63, 3.8) is 0 Å². The average molecular weight is 263 g/mol. The molecule has 2 rings (SSSR count). The number of nitriles is 1. The molecular formula is C18H17NO. The Bertz CT molecular complexity index is 621. The Morgan fingerprint density at radius 3 is 2.30 bits per heavy atom. The van der Waals surface area contributed by atoms with E-state index in [9.17, 15) is 5.26 Å². The Morgan fingerprint density at radius 1 is 1.10 bits per heavy atom. The van der Waals surface area contributed by atoms with Crippen LogP contribution >= 0.6 is 0 Å². The highest BCUT2D eigenvalue weighted by molar-refractivity contribution is 5.77. The van der Waals surface area contributed by atoms with Crippen LogP contribution in [0.3, 0.4) is 0 Å². The van der Waals surface area contributed by atoms with Gasteiger partial charge >= 0.3 is 0 Å². The average Bonchev–Trinajstić information content (AvgIpc) is 2.51. The molecule has 0 bridgehead atoms. The van der Waals surface area contributed by atoms with E-state index in [2.05, 4.69) is 6.07 Å². The van der Waals surface area contributed by atoms with Gasteiger partial charge in [0.2, 0.25) is 0 Å². The smallest absolute Gasteiger partial charge is 0.102 e. The zero-order valence-electron chi connectivity index (χ0n) is 11.7. The summed E-state index contributed by atoms with van der Waals surface area (Å²) in [5, 5.41) is 9.37. The van der Waals surface area contributed by atoms with E-state index in [1.54, 1.807) is 7.11 Å². The maximum Gasteiger partial charge on any atom is 0.102 e. The highest BCUT2D eigenvalue weighted by atomic mass is 16.5. The lowest BCUT2D eigenvalue weighted by molar-refractivity contribution is 0.143. The molecule has 0 heterocycles. The molecule has 0 saturated carbocycles. The monoisotopic (exact) mass is 263 g/mol. The Hall–Kier alpha value is -2.37. The van der Waals surface area contributed by atoms with E-state index in [1.165, 1.54) is 5.56 Å². The topological polar surface area (TPSA) is 33.0 Å². The molecule has 0 N–H and O–H groups in total. The standard InChI is InChI=1S/C18H17NO/c1-14-8-10-15(11-9-14)17(13-19)12-18(20-2)16-6-4-3-5-7-16/h3-12,18H,1-2H3/b17-12+. The van der Waals surface area contributed by atoms with Crippen molar-refractivity contribution < 1.29 is 4.74 Å². The summed E-state index contributed by atoms with van der Waals surface area (Å²) in [4.78, 5) is 0. The first-order valence-corrected chi connectivity index (χ1v) is 6.51. The van der Waals surface area contributed by atoms with Crippen LogP contribution in [0.25, 0.3) is 5.57 Å². The van der Waals surface area contributed by atoms with Gasteiger partial charge in [0.15, 0.2) is 0 Å². The second-order valence-electron chi connectivity index (χ2n) is 4.63. The van der Waals surface area contributed by atoms with Gasteiger partial charge in [-0.1, -0.05) is 60.2 Å². The fraction of sp³-hybridized carbons (Fsp3) is 0.167. The van der Waals surface area contributed by atoms with Crippen molar-refractivity contribution >= 4 is 5.57 Å². The molecule has 0 amide bonds. The second-order valence-corrected chi connectivity index (χ2v) is 4.63. The molecule has 2 aromatic rings. The van der Waals surface area contributed by atoms with Crippen LogP contribution in [0.15, 0.2) is 60.7 Å². The minimum absolute atomic E-state index is 0.216. The molecule has 1 unspecified atom stereocenters. The number of aryl methyl sites for hydroxylation is 1. The molecule has 0 aliphatic heterocycles. The van der Waals surface area contributed by atoms with Crippen LogP contribution in [-0.2, 0) is 4.74 Å². The fourth-order valence-corrected chi connectivity index (χ4v) is 2.03. The molecule has 0 aliphatic carbocycles. The van der Waals surface area contributed by atoms with Crippen molar-refractivity contribution in [1.82, 2.24) is 0 Å². The van der Waals surface area contributed by atoms with Gasteiger partial charge in [-0.2, -0.15) is 5.26 Å². The summed E-state index contributed by atoms with van der Waals surface area (Å²) in [6.45, 7) is 2.03. The first-order chi connectivity index (χ1) is 9.74. The van der Waals surface area contributed by atoms with Crippen LogP contribution in [0.1, 0.15) is 22.8 Å². The molecule has 0 fully saturated rings. The predicted molar refractivity (Wildman–Crippen MR) is 81.0 cm³/mol. The van der Waals surface area contributed by atoms with Gasteiger partial charge in [-0.25, -0.2) is 0 Å². The molecule has 1 atom stereocenters. The first-order valence-electron chi connectivity index (χ1n) is 6.51. The molecule has 2 heteroatoms. The lowest BCUT2D eigenvalue weighted by atomic mass is 10.0. The van der Waals surface area contributed by atoms with Crippen LogP contribution in [0.5, 0.6) is 0 Å². The summed E-state index contributed by atoms with van der Waals surface area (Å²) in [5.41, 5.74) is 3.75. The van der Waals surface area contributed by atoms with Gasteiger partial charge in [0.25, 0.3) is 0 Å². The van der Waals surface area contributed by atoms with E-state index >= 15 is 0 Å². The number of nitrogens with zero attached hydrogens (tertiary/aromatic N) is 1. The number of methoxy groups -OCH3 is 1. The van der Waals surface area contributed by atoms with Gasteiger partial charge in [-0.15, -0.1) is 0 Å². The lowest BCUT2D eigenvalue weighted by Crippen LogP contribution is -1.98. The summed E-state index contributed by atoms with van der Waals surface area (Å²) >= 11 is 0. The van der Waals surface area contributed by atoms with E-state index in [0.29, 0.717) is 5.57 Å². The summed E-state index contributed by atoms with van der Waals surface area (Å²) in [7, 11) is 1.65. The molecule has 0 aliphatic rings. The van der Waals surface area contributed by atoms with Crippen molar-refractivity contribution in [1.29, 1.82) is 5.26 Å². The van der Waals surface area contributed by atoms with E-state index in [4.69, 9.17) is 4.74 Å².